The van der Waals surface area contributed by atoms with Gasteiger partial charge in [0.2, 0.25) is 0 Å². The van der Waals surface area contributed by atoms with Crippen LogP contribution in [0.5, 0.6) is 0 Å². The summed E-state index contributed by atoms with van der Waals surface area (Å²) in [6, 6.07) is 1.63. The van der Waals surface area contributed by atoms with E-state index in [1.54, 1.807) is 11.0 Å². The van der Waals surface area contributed by atoms with Gasteiger partial charge in [0.1, 0.15) is 11.0 Å². The van der Waals surface area contributed by atoms with E-state index in [0.29, 0.717) is 18.7 Å². The molecule has 132 valence electrons. The van der Waals surface area contributed by atoms with Crippen LogP contribution < -0.4 is 0 Å². The predicted molar refractivity (Wildman–Crippen MR) is 89.5 cm³/mol. The summed E-state index contributed by atoms with van der Waals surface area (Å²) in [6.07, 6.45) is 7.30. The van der Waals surface area contributed by atoms with Crippen LogP contribution in [0.15, 0.2) is 23.0 Å². The molecule has 3 saturated heterocycles. The first kappa shape index (κ1) is 16.1. The first-order chi connectivity index (χ1) is 11.5. The summed E-state index contributed by atoms with van der Waals surface area (Å²) in [5.41, 5.74) is 0.493. The summed E-state index contributed by atoms with van der Waals surface area (Å²) in [6.45, 7) is 3.66. The molecule has 3 aliphatic heterocycles. The Hall–Kier alpha value is -1.34. The Balaban J connectivity index is 1.48. The van der Waals surface area contributed by atoms with Crippen LogP contribution in [-0.4, -0.2) is 67.3 Å². The van der Waals surface area contributed by atoms with Crippen LogP contribution in [0.1, 0.15) is 36.0 Å². The normalized spacial score (nSPS) is 28.8. The highest BCUT2D eigenvalue weighted by Gasteiger charge is 2.62. The summed E-state index contributed by atoms with van der Waals surface area (Å²) in [7, 11) is -3.13. The van der Waals surface area contributed by atoms with Crippen LogP contribution in [0.3, 0.4) is 0 Å². The van der Waals surface area contributed by atoms with Gasteiger partial charge >= 0.3 is 0 Å². The molecule has 24 heavy (non-hydrogen) atoms. The number of nitrogens with zero attached hydrogens (tertiary/aromatic N) is 2. The van der Waals surface area contributed by atoms with Gasteiger partial charge in [0.05, 0.1) is 17.6 Å². The summed E-state index contributed by atoms with van der Waals surface area (Å²) < 4.78 is 29.6. The van der Waals surface area contributed by atoms with Gasteiger partial charge in [-0.15, -0.1) is 0 Å². The third-order valence-corrected chi connectivity index (χ3v) is 8.60. The number of likely N-dealkylation sites (tertiary alicyclic amines) is 2. The molecule has 4 rings (SSSR count). The molecule has 1 aromatic heterocycles. The van der Waals surface area contributed by atoms with Crippen molar-refractivity contribution in [2.24, 2.45) is 5.92 Å². The van der Waals surface area contributed by atoms with Crippen LogP contribution in [0, 0.1) is 5.92 Å². The van der Waals surface area contributed by atoms with Crippen molar-refractivity contribution in [3.05, 3.63) is 24.2 Å². The lowest BCUT2D eigenvalue weighted by molar-refractivity contribution is 0.0411. The summed E-state index contributed by atoms with van der Waals surface area (Å²) in [4.78, 5) is 16.5. The number of rotatable bonds is 3. The minimum atomic E-state index is -3.13. The van der Waals surface area contributed by atoms with Gasteiger partial charge in [0.25, 0.3) is 5.91 Å². The van der Waals surface area contributed by atoms with Gasteiger partial charge < -0.3 is 14.2 Å². The highest BCUT2D eigenvalue weighted by molar-refractivity contribution is 7.93. The molecule has 1 spiro atoms. The molecule has 3 fully saturated rings. The summed E-state index contributed by atoms with van der Waals surface area (Å²) in [5.74, 6) is 0.279. The number of piperidine rings is 1. The summed E-state index contributed by atoms with van der Waals surface area (Å²) >= 11 is 0. The Kier molecular flexibility index (Phi) is 3.95. The van der Waals surface area contributed by atoms with Crippen LogP contribution in [0.25, 0.3) is 0 Å². The maximum atomic E-state index is 12.7. The Bertz CT molecular complexity index is 701. The highest BCUT2D eigenvalue weighted by atomic mass is 32.2. The van der Waals surface area contributed by atoms with Gasteiger partial charge in [-0.3, -0.25) is 4.79 Å². The molecule has 0 radical (unpaired) electrons. The fourth-order valence-corrected chi connectivity index (χ4v) is 6.90. The van der Waals surface area contributed by atoms with E-state index in [-0.39, 0.29) is 17.6 Å². The number of carbonyl (C=O) groups is 1. The van der Waals surface area contributed by atoms with E-state index in [4.69, 9.17) is 4.42 Å². The molecule has 4 heterocycles. The number of hydrogen-bond donors (Lipinski definition) is 0. The van der Waals surface area contributed by atoms with E-state index in [1.165, 1.54) is 31.8 Å². The van der Waals surface area contributed by atoms with Crippen molar-refractivity contribution in [2.45, 2.75) is 30.4 Å². The monoisotopic (exact) mass is 352 g/mol. The van der Waals surface area contributed by atoms with E-state index < -0.39 is 14.6 Å². The second-order valence-corrected chi connectivity index (χ2v) is 9.85. The number of sulfone groups is 1. The highest BCUT2D eigenvalue weighted by Crippen LogP contribution is 2.45. The fraction of sp³-hybridized carbons (Fsp3) is 0.706. The molecule has 1 atom stereocenters. The van der Waals surface area contributed by atoms with Gasteiger partial charge in [-0.25, -0.2) is 8.42 Å². The van der Waals surface area contributed by atoms with Crippen LogP contribution in [0.4, 0.5) is 0 Å². The molecular formula is C17H24N2O4S. The molecule has 1 aromatic rings. The van der Waals surface area contributed by atoms with Crippen LogP contribution in [0.2, 0.25) is 0 Å². The lowest BCUT2D eigenvalue weighted by atomic mass is 9.82. The van der Waals surface area contributed by atoms with Gasteiger partial charge in [-0.2, -0.15) is 0 Å². The first-order valence-electron chi connectivity index (χ1n) is 8.78. The van der Waals surface area contributed by atoms with Crippen molar-refractivity contribution in [1.29, 1.82) is 0 Å². The van der Waals surface area contributed by atoms with Gasteiger partial charge in [-0.05, 0) is 44.3 Å². The van der Waals surface area contributed by atoms with E-state index >= 15 is 0 Å². The minimum Gasteiger partial charge on any atom is -0.472 e. The van der Waals surface area contributed by atoms with Crippen LogP contribution >= 0.6 is 0 Å². The van der Waals surface area contributed by atoms with E-state index in [2.05, 4.69) is 4.90 Å². The van der Waals surface area contributed by atoms with E-state index in [9.17, 15) is 13.2 Å². The third-order valence-electron chi connectivity index (χ3n) is 6.00. The molecule has 0 aliphatic carbocycles. The summed E-state index contributed by atoms with van der Waals surface area (Å²) in [5, 5.41) is 0. The molecule has 7 heteroatoms. The first-order valence-corrected chi connectivity index (χ1v) is 10.4. The molecule has 0 N–H and O–H groups in total. The second kappa shape index (κ2) is 5.88. The number of amides is 1. The number of carbonyl (C=O) groups excluding carboxylic acids is 1. The maximum Gasteiger partial charge on any atom is 0.257 e. The smallest absolute Gasteiger partial charge is 0.257 e. The standard InChI is InChI=1S/C17H24N2O4S/c20-16(14-4-8-23-11-14)19-12-17(13-19)15(5-9-24(17,21)22)10-18-6-2-1-3-7-18/h4,8,11,15H,1-3,5-7,9-10,12-13H2. The van der Waals surface area contributed by atoms with Crippen molar-refractivity contribution in [3.8, 4) is 0 Å². The van der Waals surface area contributed by atoms with E-state index in [0.717, 1.165) is 26.1 Å². The van der Waals surface area contributed by atoms with Crippen molar-refractivity contribution >= 4 is 15.7 Å². The van der Waals surface area contributed by atoms with Gasteiger partial charge in [0, 0.05) is 19.6 Å². The average molecular weight is 352 g/mol. The van der Waals surface area contributed by atoms with Crippen molar-refractivity contribution < 1.29 is 17.6 Å². The zero-order valence-electron chi connectivity index (χ0n) is 13.8. The molecule has 0 saturated carbocycles. The molecule has 0 bridgehead atoms. The molecule has 1 unspecified atom stereocenters. The lowest BCUT2D eigenvalue weighted by Crippen LogP contribution is -2.69. The molecular weight excluding hydrogens is 328 g/mol. The SMILES string of the molecule is O=C(c1ccoc1)N1CC2(C1)C(CN1CCCCC1)CCS2(=O)=O. The predicted octanol–water partition coefficient (Wildman–Crippen LogP) is 1.39. The van der Waals surface area contributed by atoms with Crippen molar-refractivity contribution in [2.75, 3.05) is 38.5 Å². The van der Waals surface area contributed by atoms with E-state index in [1.807, 2.05) is 0 Å². The molecule has 0 aromatic carbocycles. The maximum absolute atomic E-state index is 12.7. The average Bonchev–Trinajstić information content (AvgIpc) is 3.13. The largest absolute Gasteiger partial charge is 0.472 e. The van der Waals surface area contributed by atoms with Gasteiger partial charge in [-0.1, -0.05) is 6.42 Å². The van der Waals surface area contributed by atoms with Gasteiger partial charge in [0.15, 0.2) is 9.84 Å². The topological polar surface area (TPSA) is 70.8 Å². The second-order valence-electron chi connectivity index (χ2n) is 7.40. The Morgan fingerprint density at radius 2 is 2.00 bits per heavy atom. The Morgan fingerprint density at radius 3 is 2.67 bits per heavy atom. The molecule has 1 amide bonds. The number of furan rings is 1. The quantitative estimate of drug-likeness (QED) is 0.822. The Morgan fingerprint density at radius 1 is 1.25 bits per heavy atom. The number of hydrogen-bond acceptors (Lipinski definition) is 5. The third kappa shape index (κ3) is 2.49. The Labute approximate surface area is 142 Å². The molecule has 3 aliphatic rings. The molecule has 6 nitrogen and oxygen atoms in total. The fourth-order valence-electron chi connectivity index (χ4n) is 4.50. The minimum absolute atomic E-state index is 0.131. The van der Waals surface area contributed by atoms with Crippen molar-refractivity contribution in [1.82, 2.24) is 9.80 Å². The zero-order valence-corrected chi connectivity index (χ0v) is 14.6. The zero-order chi connectivity index (χ0) is 16.8. The lowest BCUT2D eigenvalue weighted by Gasteiger charge is -2.50. The van der Waals surface area contributed by atoms with Crippen molar-refractivity contribution in [3.63, 3.8) is 0 Å². The van der Waals surface area contributed by atoms with Crippen LogP contribution in [-0.2, 0) is 9.84 Å².